The number of hydrogen-bond acceptors (Lipinski definition) is 6. The second-order valence-electron chi connectivity index (χ2n) is 10.6. The van der Waals surface area contributed by atoms with Gasteiger partial charge in [-0.05, 0) is 56.0 Å². The number of benzene rings is 1. The predicted molar refractivity (Wildman–Crippen MR) is 148 cm³/mol. The van der Waals surface area contributed by atoms with E-state index >= 15 is 0 Å². The Kier molecular flexibility index (Phi) is 10.1. The number of halogens is 2. The molecule has 2 fully saturated rings. The van der Waals surface area contributed by atoms with Gasteiger partial charge in [0.25, 0.3) is 5.91 Å². The minimum Gasteiger partial charge on any atom is -0.490 e. The van der Waals surface area contributed by atoms with E-state index in [1.165, 1.54) is 24.3 Å². The number of hydrogen-bond donors (Lipinski definition) is 1. The molecule has 0 spiro atoms. The van der Waals surface area contributed by atoms with E-state index in [0.717, 1.165) is 31.2 Å². The van der Waals surface area contributed by atoms with Gasteiger partial charge in [0.2, 0.25) is 11.8 Å². The van der Waals surface area contributed by atoms with Crippen LogP contribution in [0.15, 0.2) is 36.4 Å². The van der Waals surface area contributed by atoms with Gasteiger partial charge < -0.3 is 24.6 Å². The number of rotatable bonds is 10. The molecule has 41 heavy (non-hydrogen) atoms. The summed E-state index contributed by atoms with van der Waals surface area (Å²) in [7, 11) is 1.82. The first-order chi connectivity index (χ1) is 19.7. The Hall–Kier alpha value is -3.76. The molecule has 2 heterocycles. The van der Waals surface area contributed by atoms with Crippen molar-refractivity contribution in [3.63, 3.8) is 0 Å². The Morgan fingerprint density at radius 3 is 2.56 bits per heavy atom. The summed E-state index contributed by atoms with van der Waals surface area (Å²) in [6.45, 7) is 0.821. The first-order valence-electron chi connectivity index (χ1n) is 14.2. The third-order valence-electron chi connectivity index (χ3n) is 7.88. The van der Waals surface area contributed by atoms with Gasteiger partial charge in [-0.1, -0.05) is 31.4 Å². The van der Waals surface area contributed by atoms with Gasteiger partial charge in [-0.2, -0.15) is 8.78 Å². The molecule has 1 unspecified atom stereocenters. The van der Waals surface area contributed by atoms with Gasteiger partial charge >= 0.3 is 6.61 Å². The lowest BCUT2D eigenvalue weighted by Crippen LogP contribution is -2.45. The molecule has 1 aromatic carbocycles. The van der Waals surface area contributed by atoms with Crippen molar-refractivity contribution in [2.75, 3.05) is 20.2 Å². The van der Waals surface area contributed by atoms with Gasteiger partial charge in [0.1, 0.15) is 11.7 Å². The van der Waals surface area contributed by atoms with Gasteiger partial charge in [-0.15, -0.1) is 0 Å². The Morgan fingerprint density at radius 1 is 1.12 bits per heavy atom. The number of carbonyl (C=O) groups is 3. The third kappa shape index (κ3) is 7.51. The third-order valence-corrected chi connectivity index (χ3v) is 7.88. The maximum atomic E-state index is 13.3. The molecule has 2 aliphatic rings. The van der Waals surface area contributed by atoms with E-state index in [1.54, 1.807) is 42.2 Å². The molecule has 4 rings (SSSR count). The number of nitrogens with zero attached hydrogens (tertiary/aromatic N) is 3. The average Bonchev–Trinajstić information content (AvgIpc) is 3.43. The van der Waals surface area contributed by atoms with Crippen LogP contribution in [0.4, 0.5) is 8.78 Å². The van der Waals surface area contributed by atoms with E-state index in [-0.39, 0.29) is 54.3 Å². The molecule has 222 valence electrons. The summed E-state index contributed by atoms with van der Waals surface area (Å²) in [6, 6.07) is 9.38. The highest BCUT2D eigenvalue weighted by atomic mass is 19.3. The molecule has 1 aliphatic carbocycles. The van der Waals surface area contributed by atoms with E-state index in [4.69, 9.17) is 4.74 Å². The lowest BCUT2D eigenvalue weighted by Gasteiger charge is -2.31. The van der Waals surface area contributed by atoms with Crippen LogP contribution in [0, 0.1) is 0 Å². The predicted octanol–water partition coefficient (Wildman–Crippen LogP) is 4.51. The Balaban J connectivity index is 1.42. The summed E-state index contributed by atoms with van der Waals surface area (Å²) in [5.41, 5.74) is 1.63. The second kappa shape index (κ2) is 13.7. The van der Waals surface area contributed by atoms with Crippen molar-refractivity contribution < 1.29 is 32.6 Å². The van der Waals surface area contributed by atoms with Crippen molar-refractivity contribution in [3.05, 3.63) is 53.3 Å². The van der Waals surface area contributed by atoms with E-state index < -0.39 is 12.7 Å². The Bertz CT molecular complexity index is 1240. The van der Waals surface area contributed by atoms with Crippen molar-refractivity contribution in [3.8, 4) is 11.5 Å². The largest absolute Gasteiger partial charge is 0.490 e. The molecule has 3 amide bonds. The summed E-state index contributed by atoms with van der Waals surface area (Å²) in [5, 5.41) is 2.87. The van der Waals surface area contributed by atoms with Crippen LogP contribution in [-0.2, 0) is 16.1 Å². The average molecular weight is 573 g/mol. The van der Waals surface area contributed by atoms with Gasteiger partial charge in [0.05, 0.1) is 18.8 Å². The molecule has 1 aliphatic heterocycles. The SMILES string of the molecule is CCOc1cc(C2C[C@H](C(=O)NCc3cccc(C(=O)N(C)C4CCCCC4)n3)N(C(C)=O)C2)ccc1OC(F)F. The first-order valence-corrected chi connectivity index (χ1v) is 14.2. The van der Waals surface area contributed by atoms with E-state index in [2.05, 4.69) is 15.0 Å². The number of ether oxygens (including phenoxy) is 2. The molecule has 1 N–H and O–H groups in total. The molecule has 11 heteroatoms. The summed E-state index contributed by atoms with van der Waals surface area (Å²) in [5.74, 6) is -0.802. The fraction of sp³-hybridized carbons (Fsp3) is 0.533. The van der Waals surface area contributed by atoms with Crippen LogP contribution in [-0.4, -0.2) is 71.4 Å². The summed E-state index contributed by atoms with van der Waals surface area (Å²) in [6.07, 6.45) is 5.78. The fourth-order valence-electron chi connectivity index (χ4n) is 5.72. The maximum absolute atomic E-state index is 13.3. The zero-order chi connectivity index (χ0) is 29.5. The van der Waals surface area contributed by atoms with Crippen molar-refractivity contribution in [1.29, 1.82) is 0 Å². The highest BCUT2D eigenvalue weighted by molar-refractivity contribution is 5.92. The van der Waals surface area contributed by atoms with Crippen LogP contribution in [0.3, 0.4) is 0 Å². The topological polar surface area (TPSA) is 101 Å². The number of aromatic nitrogens is 1. The highest BCUT2D eigenvalue weighted by Gasteiger charge is 2.39. The molecule has 2 atom stereocenters. The fourth-order valence-corrected chi connectivity index (χ4v) is 5.72. The summed E-state index contributed by atoms with van der Waals surface area (Å²) >= 11 is 0. The van der Waals surface area contributed by atoms with Crippen LogP contribution in [0.5, 0.6) is 11.5 Å². The van der Waals surface area contributed by atoms with Crippen LogP contribution < -0.4 is 14.8 Å². The standard InChI is InChI=1S/C30H38F2N4O5/c1-4-40-27-16-20(13-14-26(27)41-30(31)32)21-15-25(36(18-21)19(2)37)28(38)33-17-22-9-8-12-24(34-22)29(39)35(3)23-10-6-5-7-11-23/h8-9,12-14,16,21,23,25,30H,4-7,10-11,15,17-18H2,1-3H3,(H,33,38)/t21?,25-/m1/s1. The zero-order valence-corrected chi connectivity index (χ0v) is 23.8. The normalized spacial score (nSPS) is 19.2. The number of nitrogens with one attached hydrogen (secondary N) is 1. The first kappa shape index (κ1) is 30.2. The summed E-state index contributed by atoms with van der Waals surface area (Å²) < 4.78 is 35.7. The quantitative estimate of drug-likeness (QED) is 0.450. The van der Waals surface area contributed by atoms with Crippen molar-refractivity contribution >= 4 is 17.7 Å². The smallest absolute Gasteiger partial charge is 0.387 e. The molecule has 0 radical (unpaired) electrons. The lowest BCUT2D eigenvalue weighted by molar-refractivity contribution is -0.136. The molecule has 2 aromatic rings. The Morgan fingerprint density at radius 2 is 1.88 bits per heavy atom. The van der Waals surface area contributed by atoms with Crippen LogP contribution in [0.2, 0.25) is 0 Å². The van der Waals surface area contributed by atoms with Crippen LogP contribution >= 0.6 is 0 Å². The molecule has 1 saturated carbocycles. The van der Waals surface area contributed by atoms with Crippen molar-refractivity contribution in [1.82, 2.24) is 20.1 Å². The highest BCUT2D eigenvalue weighted by Crippen LogP contribution is 2.37. The molecular formula is C30H38F2N4O5. The summed E-state index contributed by atoms with van der Waals surface area (Å²) in [4.78, 5) is 46.5. The number of alkyl halides is 2. The van der Waals surface area contributed by atoms with Crippen molar-refractivity contribution in [2.45, 2.75) is 83.5 Å². The van der Waals surface area contributed by atoms with Gasteiger partial charge in [-0.25, -0.2) is 4.98 Å². The van der Waals surface area contributed by atoms with Crippen LogP contribution in [0.25, 0.3) is 0 Å². The minimum absolute atomic E-state index is 0.0699. The maximum Gasteiger partial charge on any atom is 0.387 e. The monoisotopic (exact) mass is 572 g/mol. The number of amides is 3. The van der Waals surface area contributed by atoms with E-state index in [9.17, 15) is 23.2 Å². The van der Waals surface area contributed by atoms with Gasteiger partial charge in [0, 0.05) is 32.5 Å². The number of pyridine rings is 1. The van der Waals surface area contributed by atoms with Gasteiger partial charge in [0.15, 0.2) is 11.5 Å². The number of likely N-dealkylation sites (tertiary alicyclic amines) is 1. The van der Waals surface area contributed by atoms with E-state index in [0.29, 0.717) is 24.4 Å². The Labute approximate surface area is 239 Å². The minimum atomic E-state index is -2.99. The van der Waals surface area contributed by atoms with E-state index in [1.807, 2.05) is 7.05 Å². The molecule has 0 bridgehead atoms. The molecule has 1 saturated heterocycles. The molecular weight excluding hydrogens is 534 g/mol. The molecule has 9 nitrogen and oxygen atoms in total. The molecule has 1 aromatic heterocycles. The van der Waals surface area contributed by atoms with Crippen LogP contribution in [0.1, 0.15) is 80.0 Å². The van der Waals surface area contributed by atoms with Crippen molar-refractivity contribution in [2.24, 2.45) is 0 Å². The number of carbonyl (C=O) groups excluding carboxylic acids is 3. The lowest BCUT2D eigenvalue weighted by atomic mass is 9.94. The van der Waals surface area contributed by atoms with Gasteiger partial charge in [-0.3, -0.25) is 14.4 Å². The second-order valence-corrected chi connectivity index (χ2v) is 10.6. The zero-order valence-electron chi connectivity index (χ0n) is 23.8.